The molecule has 2 aromatic carbocycles. The molecule has 162 valence electrons. The molecule has 0 atom stereocenters. The van der Waals surface area contributed by atoms with E-state index in [9.17, 15) is 8.42 Å². The van der Waals surface area contributed by atoms with Gasteiger partial charge in [0.25, 0.3) is 0 Å². The number of sulfone groups is 1. The van der Waals surface area contributed by atoms with Gasteiger partial charge in [0, 0.05) is 47.9 Å². The minimum Gasteiger partial charge on any atom is -0.371 e. The number of allylic oxidation sites excluding steroid dienone is 4. The minimum atomic E-state index is -3.65. The average Bonchev–Trinajstić information content (AvgIpc) is 2.72. The van der Waals surface area contributed by atoms with Crippen LogP contribution in [0.25, 0.3) is 5.57 Å². The quantitative estimate of drug-likeness (QED) is 0.495. The van der Waals surface area contributed by atoms with E-state index in [2.05, 4.69) is 21.6 Å². The Morgan fingerprint density at radius 3 is 2.47 bits per heavy atom. The van der Waals surface area contributed by atoms with Crippen LogP contribution in [0.2, 0.25) is 0 Å². The number of nitrogens with zero attached hydrogens (tertiary/aromatic N) is 2. The lowest BCUT2D eigenvalue weighted by atomic mass is 9.87. The van der Waals surface area contributed by atoms with Gasteiger partial charge in [-0.2, -0.15) is 0 Å². The fourth-order valence-corrected chi connectivity index (χ4v) is 6.80. The third kappa shape index (κ3) is 2.95. The zero-order valence-electron chi connectivity index (χ0n) is 17.7. The van der Waals surface area contributed by atoms with E-state index in [1.54, 1.807) is 0 Å². The minimum absolute atomic E-state index is 0.370. The molecule has 3 heterocycles. The first-order valence-electron chi connectivity index (χ1n) is 11.1. The van der Waals surface area contributed by atoms with Crippen molar-refractivity contribution in [2.24, 2.45) is 0 Å². The summed E-state index contributed by atoms with van der Waals surface area (Å²) in [7, 11) is -3.65. The Balaban J connectivity index is 1.65. The molecule has 0 saturated carbocycles. The van der Waals surface area contributed by atoms with Gasteiger partial charge in [0.15, 0.2) is 0 Å². The van der Waals surface area contributed by atoms with E-state index in [4.69, 9.17) is 11.6 Å². The van der Waals surface area contributed by atoms with Gasteiger partial charge in [0.1, 0.15) is 13.1 Å². The second-order valence-electron chi connectivity index (χ2n) is 8.71. The van der Waals surface area contributed by atoms with Gasteiger partial charge in [-0.25, -0.2) is 13.0 Å². The highest BCUT2D eigenvalue weighted by Gasteiger charge is 2.38. The largest absolute Gasteiger partial charge is 0.371 e. The number of fused-ring (bicyclic) bond motifs is 2. The molecule has 4 nitrogen and oxygen atoms in total. The molecule has 0 radical (unpaired) electrons. The first-order valence-corrected chi connectivity index (χ1v) is 13.1. The van der Waals surface area contributed by atoms with Crippen LogP contribution in [0.15, 0.2) is 76.1 Å². The second-order valence-corrected chi connectivity index (χ2v) is 10.9. The standard InChI is InChI=1S/C26H24ClN2O2S/c27-17-18-5-1-2-6-21(18)26-22-9-7-19(28-11-3-12-28)15-24(22)32(30,31)25-16-20(8-10-23(25)26)29-13-4-14-29/h1-2,5-10,15-16H,3-4,11-14,17H2/q+1. The number of benzene rings is 2. The van der Waals surface area contributed by atoms with Crippen LogP contribution in [-0.2, 0) is 15.7 Å². The van der Waals surface area contributed by atoms with Crippen molar-refractivity contribution in [3.05, 3.63) is 87.9 Å². The Morgan fingerprint density at radius 2 is 1.78 bits per heavy atom. The molecule has 0 bridgehead atoms. The Bertz CT molecular complexity index is 1370. The summed E-state index contributed by atoms with van der Waals surface area (Å²) in [6.07, 6.45) is 8.19. The number of hydrogen-bond donors (Lipinski definition) is 0. The Labute approximate surface area is 193 Å². The van der Waals surface area contributed by atoms with Crippen molar-refractivity contribution < 1.29 is 13.0 Å². The third-order valence-corrected chi connectivity index (χ3v) is 9.04. The maximum Gasteiger partial charge on any atom is 0.208 e. The smallest absolute Gasteiger partial charge is 0.208 e. The predicted molar refractivity (Wildman–Crippen MR) is 129 cm³/mol. The highest BCUT2D eigenvalue weighted by atomic mass is 35.5. The van der Waals surface area contributed by atoms with Crippen LogP contribution in [0.3, 0.4) is 0 Å². The summed E-state index contributed by atoms with van der Waals surface area (Å²) >= 11 is 6.30. The van der Waals surface area contributed by atoms with E-state index < -0.39 is 9.84 Å². The van der Waals surface area contributed by atoms with E-state index in [0.29, 0.717) is 15.7 Å². The Kier molecular flexibility index (Phi) is 4.67. The van der Waals surface area contributed by atoms with Gasteiger partial charge < -0.3 is 4.90 Å². The van der Waals surface area contributed by atoms with Gasteiger partial charge in [-0.3, -0.25) is 0 Å². The molecule has 0 unspecified atom stereocenters. The number of hydrogen-bond acceptors (Lipinski definition) is 3. The molecule has 6 rings (SSSR count). The summed E-state index contributed by atoms with van der Waals surface area (Å²) in [5, 5.41) is 0. The van der Waals surface area contributed by atoms with Crippen LogP contribution in [0.4, 0.5) is 5.69 Å². The van der Waals surface area contributed by atoms with E-state index in [1.165, 1.54) is 0 Å². The van der Waals surface area contributed by atoms with Gasteiger partial charge in [0.2, 0.25) is 15.5 Å². The molecule has 0 aromatic heterocycles. The van der Waals surface area contributed by atoms with Crippen LogP contribution >= 0.6 is 11.6 Å². The Morgan fingerprint density at radius 1 is 0.969 bits per heavy atom. The summed E-state index contributed by atoms with van der Waals surface area (Å²) in [5.74, 6) is 0.370. The molecular weight excluding hydrogens is 440 g/mol. The topological polar surface area (TPSA) is 40.4 Å². The molecule has 0 amide bonds. The van der Waals surface area contributed by atoms with Gasteiger partial charge >= 0.3 is 0 Å². The van der Waals surface area contributed by atoms with Crippen molar-refractivity contribution in [2.75, 3.05) is 31.1 Å². The maximum atomic E-state index is 13.9. The van der Waals surface area contributed by atoms with Crippen molar-refractivity contribution in [1.82, 2.24) is 0 Å². The molecule has 0 spiro atoms. The number of alkyl halides is 1. The zero-order chi connectivity index (χ0) is 21.9. The van der Waals surface area contributed by atoms with Crippen LogP contribution in [0.1, 0.15) is 29.5 Å². The SMILES string of the molecule is O=S1(=O)C2=CC(=[N+]3CCC3)C=CC2=C(c2ccccc2CCl)c2ccc(N3CCC3)cc21. The normalized spacial score (nSPS) is 20.9. The zero-order valence-corrected chi connectivity index (χ0v) is 19.3. The summed E-state index contributed by atoms with van der Waals surface area (Å²) in [6, 6.07) is 13.9. The van der Waals surface area contributed by atoms with Crippen molar-refractivity contribution in [3.8, 4) is 0 Å². The predicted octanol–water partition coefficient (Wildman–Crippen LogP) is 4.54. The molecular formula is C26H24ClN2O2S+. The molecule has 2 aromatic rings. The first-order chi connectivity index (χ1) is 15.6. The number of halogens is 1. The van der Waals surface area contributed by atoms with Crippen LogP contribution in [0.5, 0.6) is 0 Å². The van der Waals surface area contributed by atoms with E-state index in [1.807, 2.05) is 48.6 Å². The van der Waals surface area contributed by atoms with Gasteiger partial charge in [-0.15, -0.1) is 11.6 Å². The molecule has 0 N–H and O–H groups in total. The molecule has 2 saturated heterocycles. The first kappa shape index (κ1) is 20.0. The van der Waals surface area contributed by atoms with Crippen molar-refractivity contribution in [1.29, 1.82) is 0 Å². The van der Waals surface area contributed by atoms with Gasteiger partial charge in [0.05, 0.1) is 16.2 Å². The van der Waals surface area contributed by atoms with Crippen LogP contribution in [-0.4, -0.2) is 44.9 Å². The van der Waals surface area contributed by atoms with E-state index >= 15 is 0 Å². The number of anilines is 1. The fourth-order valence-electron chi connectivity index (χ4n) is 4.86. The maximum absolute atomic E-state index is 13.9. The lowest BCUT2D eigenvalue weighted by Gasteiger charge is -2.34. The van der Waals surface area contributed by atoms with Crippen molar-refractivity contribution in [3.63, 3.8) is 0 Å². The third-order valence-electron chi connectivity index (χ3n) is 6.92. The van der Waals surface area contributed by atoms with Gasteiger partial charge in [-0.05, 0) is 41.3 Å². The van der Waals surface area contributed by atoms with E-state index in [-0.39, 0.29) is 0 Å². The molecule has 4 aliphatic rings. The Hall–Kier alpha value is -2.63. The molecule has 32 heavy (non-hydrogen) atoms. The summed E-state index contributed by atoms with van der Waals surface area (Å²) in [5.41, 5.74) is 6.42. The summed E-state index contributed by atoms with van der Waals surface area (Å²) in [4.78, 5) is 3.03. The molecule has 2 fully saturated rings. The van der Waals surface area contributed by atoms with E-state index in [0.717, 1.165) is 78.3 Å². The highest BCUT2D eigenvalue weighted by Crippen LogP contribution is 2.46. The van der Waals surface area contributed by atoms with Gasteiger partial charge in [-0.1, -0.05) is 30.3 Å². The second kappa shape index (κ2) is 7.46. The summed E-state index contributed by atoms with van der Waals surface area (Å²) in [6.45, 7) is 3.89. The van der Waals surface area contributed by atoms with Crippen LogP contribution in [0, 0.1) is 0 Å². The molecule has 1 aliphatic carbocycles. The molecule has 6 heteroatoms. The fraction of sp³-hybridized carbons (Fsp3) is 0.269. The monoisotopic (exact) mass is 463 g/mol. The number of rotatable bonds is 3. The summed E-state index contributed by atoms with van der Waals surface area (Å²) < 4.78 is 30.1. The van der Waals surface area contributed by atoms with Crippen molar-refractivity contribution >= 4 is 38.4 Å². The molecule has 3 aliphatic heterocycles. The van der Waals surface area contributed by atoms with Crippen molar-refractivity contribution in [2.45, 2.75) is 23.6 Å². The lowest BCUT2D eigenvalue weighted by molar-refractivity contribution is -0.582. The lowest BCUT2D eigenvalue weighted by Crippen LogP contribution is -2.37. The highest BCUT2D eigenvalue weighted by molar-refractivity contribution is 7.95. The average molecular weight is 464 g/mol. The van der Waals surface area contributed by atoms with Crippen LogP contribution < -0.4 is 4.90 Å².